The molecule has 0 unspecified atom stereocenters. The van der Waals surface area contributed by atoms with E-state index < -0.39 is 0 Å². The Labute approximate surface area is 85.3 Å². The quantitative estimate of drug-likeness (QED) is 0.792. The molecule has 1 aliphatic heterocycles. The van der Waals surface area contributed by atoms with Crippen LogP contribution in [0.2, 0.25) is 0 Å². The molecule has 0 saturated heterocycles. The van der Waals surface area contributed by atoms with Gasteiger partial charge in [0.15, 0.2) is 0 Å². The number of rotatable bonds is 3. The van der Waals surface area contributed by atoms with Crippen molar-refractivity contribution in [1.29, 1.82) is 0 Å². The van der Waals surface area contributed by atoms with Gasteiger partial charge >= 0.3 is 0 Å². The van der Waals surface area contributed by atoms with Gasteiger partial charge in [-0.2, -0.15) is 0 Å². The van der Waals surface area contributed by atoms with Crippen LogP contribution in [0.25, 0.3) is 0 Å². The molecule has 76 valence electrons. The first-order valence-corrected chi connectivity index (χ1v) is 5.33. The number of fused-ring (bicyclic) bond motifs is 1. The summed E-state index contributed by atoms with van der Waals surface area (Å²) in [6.07, 6.45) is 2.49. The number of hydrogen-bond donors (Lipinski definition) is 1. The molecule has 0 aliphatic carbocycles. The first-order valence-electron chi connectivity index (χ1n) is 5.33. The monoisotopic (exact) mass is 191 g/mol. The molecule has 0 saturated carbocycles. The molecular formula is C12H17NO. The van der Waals surface area contributed by atoms with E-state index in [1.807, 2.05) is 0 Å². The molecular weight excluding hydrogens is 174 g/mol. The summed E-state index contributed by atoms with van der Waals surface area (Å²) in [6, 6.07) is 8.46. The second-order valence-electron chi connectivity index (χ2n) is 3.73. The molecule has 1 aliphatic rings. The van der Waals surface area contributed by atoms with Crippen LogP contribution in [-0.4, -0.2) is 19.3 Å². The van der Waals surface area contributed by atoms with Gasteiger partial charge in [-0.25, -0.2) is 0 Å². The van der Waals surface area contributed by atoms with E-state index in [0.717, 1.165) is 26.0 Å². The topological polar surface area (TPSA) is 21.3 Å². The van der Waals surface area contributed by atoms with Crippen molar-refractivity contribution in [2.24, 2.45) is 0 Å². The Morgan fingerprint density at radius 2 is 2.29 bits per heavy atom. The molecule has 2 rings (SSSR count). The highest BCUT2D eigenvalue weighted by Gasteiger charge is 2.17. The molecule has 1 aromatic rings. The maximum absolute atomic E-state index is 5.73. The van der Waals surface area contributed by atoms with Gasteiger partial charge in [-0.05, 0) is 18.1 Å². The Balaban J connectivity index is 1.99. The van der Waals surface area contributed by atoms with Gasteiger partial charge < -0.3 is 10.1 Å². The summed E-state index contributed by atoms with van der Waals surface area (Å²) < 4.78 is 5.73. The van der Waals surface area contributed by atoms with Crippen LogP contribution >= 0.6 is 0 Å². The van der Waals surface area contributed by atoms with Crippen LogP contribution in [0.4, 0.5) is 5.69 Å². The SMILES string of the molecule is CCCO[C@H]1CNc2ccccc2C1. The van der Waals surface area contributed by atoms with E-state index in [1.165, 1.54) is 11.3 Å². The van der Waals surface area contributed by atoms with Crippen molar-refractivity contribution in [3.8, 4) is 0 Å². The van der Waals surface area contributed by atoms with Crippen molar-refractivity contribution < 1.29 is 4.74 Å². The van der Waals surface area contributed by atoms with E-state index >= 15 is 0 Å². The molecule has 2 heteroatoms. The fourth-order valence-corrected chi connectivity index (χ4v) is 1.81. The third kappa shape index (κ3) is 2.07. The Kier molecular flexibility index (Phi) is 3.04. The Hall–Kier alpha value is -1.02. The smallest absolute Gasteiger partial charge is 0.0788 e. The lowest BCUT2D eigenvalue weighted by molar-refractivity contribution is 0.0608. The van der Waals surface area contributed by atoms with Crippen molar-refractivity contribution in [2.45, 2.75) is 25.9 Å². The standard InChI is InChI=1S/C12H17NO/c1-2-7-14-11-8-10-5-3-4-6-12(10)13-9-11/h3-6,11,13H,2,7-9H2,1H3/t11-/m1/s1. The zero-order chi connectivity index (χ0) is 9.80. The fraction of sp³-hybridized carbons (Fsp3) is 0.500. The minimum absolute atomic E-state index is 0.352. The van der Waals surface area contributed by atoms with Gasteiger partial charge in [-0.3, -0.25) is 0 Å². The highest BCUT2D eigenvalue weighted by atomic mass is 16.5. The Morgan fingerprint density at radius 1 is 1.43 bits per heavy atom. The molecule has 1 aromatic carbocycles. The summed E-state index contributed by atoms with van der Waals surface area (Å²) in [4.78, 5) is 0. The number of benzene rings is 1. The highest BCUT2D eigenvalue weighted by molar-refractivity contribution is 5.53. The van der Waals surface area contributed by atoms with Crippen molar-refractivity contribution in [2.75, 3.05) is 18.5 Å². The van der Waals surface area contributed by atoms with Crippen LogP contribution in [0.1, 0.15) is 18.9 Å². The minimum Gasteiger partial charge on any atom is -0.382 e. The average Bonchev–Trinajstić information content (AvgIpc) is 2.26. The van der Waals surface area contributed by atoms with Gasteiger partial charge in [-0.15, -0.1) is 0 Å². The van der Waals surface area contributed by atoms with E-state index in [9.17, 15) is 0 Å². The molecule has 0 radical (unpaired) electrons. The van der Waals surface area contributed by atoms with Gasteiger partial charge in [0.2, 0.25) is 0 Å². The zero-order valence-electron chi connectivity index (χ0n) is 8.62. The van der Waals surface area contributed by atoms with Crippen LogP contribution in [0, 0.1) is 0 Å². The van der Waals surface area contributed by atoms with E-state index in [1.54, 1.807) is 0 Å². The fourth-order valence-electron chi connectivity index (χ4n) is 1.81. The van der Waals surface area contributed by atoms with Crippen molar-refractivity contribution in [1.82, 2.24) is 0 Å². The highest BCUT2D eigenvalue weighted by Crippen LogP contribution is 2.22. The van der Waals surface area contributed by atoms with E-state index in [-0.39, 0.29) is 0 Å². The second-order valence-corrected chi connectivity index (χ2v) is 3.73. The molecule has 0 spiro atoms. The third-order valence-corrected chi connectivity index (χ3v) is 2.54. The first-order chi connectivity index (χ1) is 6.90. The maximum Gasteiger partial charge on any atom is 0.0788 e. The number of hydrogen-bond acceptors (Lipinski definition) is 2. The lowest BCUT2D eigenvalue weighted by Crippen LogP contribution is -2.30. The maximum atomic E-state index is 5.73. The summed E-state index contributed by atoms with van der Waals surface area (Å²) in [5.41, 5.74) is 2.64. The summed E-state index contributed by atoms with van der Waals surface area (Å²) in [7, 11) is 0. The molecule has 1 heterocycles. The third-order valence-electron chi connectivity index (χ3n) is 2.54. The second kappa shape index (κ2) is 4.47. The van der Waals surface area contributed by atoms with Crippen LogP contribution < -0.4 is 5.32 Å². The van der Waals surface area contributed by atoms with Crippen LogP contribution in [0.3, 0.4) is 0 Å². The summed E-state index contributed by atoms with van der Waals surface area (Å²) >= 11 is 0. The Bertz CT molecular complexity index is 298. The molecule has 1 atom stereocenters. The summed E-state index contributed by atoms with van der Waals surface area (Å²) in [5, 5.41) is 3.40. The molecule has 1 N–H and O–H groups in total. The lowest BCUT2D eigenvalue weighted by Gasteiger charge is -2.26. The van der Waals surface area contributed by atoms with Gasteiger partial charge in [0.05, 0.1) is 6.10 Å². The molecule has 0 fully saturated rings. The first kappa shape index (κ1) is 9.53. The van der Waals surface area contributed by atoms with Crippen molar-refractivity contribution in [3.05, 3.63) is 29.8 Å². The van der Waals surface area contributed by atoms with Gasteiger partial charge in [0.1, 0.15) is 0 Å². The number of nitrogens with one attached hydrogen (secondary N) is 1. The largest absolute Gasteiger partial charge is 0.382 e. The molecule has 14 heavy (non-hydrogen) atoms. The van der Waals surface area contributed by atoms with E-state index in [0.29, 0.717) is 6.10 Å². The van der Waals surface area contributed by atoms with Crippen LogP contribution in [0.15, 0.2) is 24.3 Å². The summed E-state index contributed by atoms with van der Waals surface area (Å²) in [5.74, 6) is 0. The van der Waals surface area contributed by atoms with Crippen LogP contribution in [-0.2, 0) is 11.2 Å². The summed E-state index contributed by atoms with van der Waals surface area (Å²) in [6.45, 7) is 3.95. The van der Waals surface area contributed by atoms with Crippen molar-refractivity contribution >= 4 is 5.69 Å². The average molecular weight is 191 g/mol. The molecule has 0 aromatic heterocycles. The molecule has 0 amide bonds. The van der Waals surface area contributed by atoms with E-state index in [2.05, 4.69) is 36.5 Å². The molecule has 0 bridgehead atoms. The number of ether oxygens (including phenoxy) is 1. The number of para-hydroxylation sites is 1. The predicted molar refractivity (Wildman–Crippen MR) is 58.7 cm³/mol. The minimum atomic E-state index is 0.352. The normalized spacial score (nSPS) is 19.9. The van der Waals surface area contributed by atoms with Crippen LogP contribution in [0.5, 0.6) is 0 Å². The van der Waals surface area contributed by atoms with Gasteiger partial charge in [-0.1, -0.05) is 25.1 Å². The predicted octanol–water partition coefficient (Wildman–Crippen LogP) is 2.45. The zero-order valence-corrected chi connectivity index (χ0v) is 8.62. The van der Waals surface area contributed by atoms with Gasteiger partial charge in [0.25, 0.3) is 0 Å². The van der Waals surface area contributed by atoms with Gasteiger partial charge in [0, 0.05) is 25.3 Å². The number of anilines is 1. The van der Waals surface area contributed by atoms with Crippen molar-refractivity contribution in [3.63, 3.8) is 0 Å². The molecule has 2 nitrogen and oxygen atoms in total. The Morgan fingerprint density at radius 3 is 3.14 bits per heavy atom. The lowest BCUT2D eigenvalue weighted by atomic mass is 10.0. The van der Waals surface area contributed by atoms with E-state index in [4.69, 9.17) is 4.74 Å².